The molecule has 2 amide bonds. The molecule has 3 atom stereocenters. The van der Waals surface area contributed by atoms with Crippen molar-refractivity contribution in [3.63, 3.8) is 0 Å². The molecule has 2 bridgehead atoms. The van der Waals surface area contributed by atoms with Crippen LogP contribution in [0.4, 0.5) is 13.6 Å². The van der Waals surface area contributed by atoms with Crippen molar-refractivity contribution >= 4 is 6.03 Å². The lowest BCUT2D eigenvalue weighted by Gasteiger charge is -2.51. The molecule has 1 aromatic carbocycles. The number of carbonyl (C=O) groups excluding carboxylic acids is 1. The van der Waals surface area contributed by atoms with E-state index >= 15 is 0 Å². The molecule has 4 aliphatic heterocycles. The maximum atomic E-state index is 14.6. The highest BCUT2D eigenvalue weighted by atomic mass is 19.2. The molecule has 0 saturated carbocycles. The van der Waals surface area contributed by atoms with Gasteiger partial charge in [-0.2, -0.15) is 0 Å². The number of benzene rings is 1. The highest BCUT2D eigenvalue weighted by Crippen LogP contribution is 2.47. The first-order valence-electron chi connectivity index (χ1n) is 9.80. The zero-order chi connectivity index (χ0) is 18.4. The molecule has 0 spiro atoms. The molecule has 6 heteroatoms. The summed E-state index contributed by atoms with van der Waals surface area (Å²) in [5.74, 6) is -1.26. The molecule has 0 N–H and O–H groups in total. The minimum Gasteiger partial charge on any atom is -0.325 e. The molecule has 0 aromatic heterocycles. The van der Waals surface area contributed by atoms with Crippen molar-refractivity contribution in [3.05, 3.63) is 35.4 Å². The number of hydrogen-bond acceptors (Lipinski definition) is 2. The zero-order valence-electron chi connectivity index (χ0n) is 15.5. The predicted octanol–water partition coefficient (Wildman–Crippen LogP) is 3.29. The van der Waals surface area contributed by atoms with E-state index in [9.17, 15) is 13.6 Å². The summed E-state index contributed by atoms with van der Waals surface area (Å²) >= 11 is 0. The van der Waals surface area contributed by atoms with Gasteiger partial charge < -0.3 is 9.80 Å². The summed E-state index contributed by atoms with van der Waals surface area (Å²) in [7, 11) is 0. The van der Waals surface area contributed by atoms with Crippen molar-refractivity contribution in [2.24, 2.45) is 5.92 Å². The van der Waals surface area contributed by atoms with Gasteiger partial charge in [-0.05, 0) is 57.3 Å². The van der Waals surface area contributed by atoms with Crippen LogP contribution in [0.25, 0.3) is 0 Å². The zero-order valence-corrected chi connectivity index (χ0v) is 15.5. The van der Waals surface area contributed by atoms with Crippen LogP contribution in [0.15, 0.2) is 18.2 Å². The van der Waals surface area contributed by atoms with Gasteiger partial charge in [-0.3, -0.25) is 4.90 Å². The van der Waals surface area contributed by atoms with Crippen molar-refractivity contribution in [2.45, 2.75) is 44.7 Å². The molecular weight excluding hydrogens is 336 g/mol. The Kier molecular flexibility index (Phi) is 4.63. The van der Waals surface area contributed by atoms with Crippen LogP contribution < -0.4 is 0 Å². The number of fused-ring (bicyclic) bond motifs is 2. The van der Waals surface area contributed by atoms with Gasteiger partial charge in [0.05, 0.1) is 6.04 Å². The van der Waals surface area contributed by atoms with Crippen LogP contribution in [0.1, 0.15) is 38.2 Å². The molecule has 1 aromatic rings. The number of likely N-dealkylation sites (tertiary alicyclic amines) is 1. The summed E-state index contributed by atoms with van der Waals surface area (Å²) in [6.45, 7) is 7.74. The molecule has 142 valence electrons. The molecule has 5 rings (SSSR count). The molecule has 4 aliphatic rings. The smallest absolute Gasteiger partial charge is 0.320 e. The molecule has 4 nitrogen and oxygen atoms in total. The fourth-order valence-electron chi connectivity index (χ4n) is 5.40. The Balaban J connectivity index is 1.72. The molecule has 4 heterocycles. The number of piperidine rings is 3. The van der Waals surface area contributed by atoms with Gasteiger partial charge in [-0.25, -0.2) is 13.6 Å². The predicted molar refractivity (Wildman–Crippen MR) is 96.0 cm³/mol. The lowest BCUT2D eigenvalue weighted by molar-refractivity contribution is -0.000414. The average Bonchev–Trinajstić information content (AvgIpc) is 3.08. The first-order valence-corrected chi connectivity index (χ1v) is 9.80. The Morgan fingerprint density at radius 1 is 1.15 bits per heavy atom. The first kappa shape index (κ1) is 17.7. The van der Waals surface area contributed by atoms with Gasteiger partial charge in [0.15, 0.2) is 11.6 Å². The highest BCUT2D eigenvalue weighted by molar-refractivity contribution is 5.75. The van der Waals surface area contributed by atoms with Crippen molar-refractivity contribution in [1.82, 2.24) is 14.7 Å². The summed E-state index contributed by atoms with van der Waals surface area (Å²) < 4.78 is 28.4. The van der Waals surface area contributed by atoms with Crippen molar-refractivity contribution < 1.29 is 13.6 Å². The second-order valence-electron chi connectivity index (χ2n) is 7.71. The minimum absolute atomic E-state index is 0.0399. The molecular formula is C20H27F2N3O. The van der Waals surface area contributed by atoms with Crippen LogP contribution in [0, 0.1) is 17.6 Å². The number of nitrogens with zero attached hydrogens (tertiary/aromatic N) is 3. The number of rotatable bonds is 3. The second kappa shape index (κ2) is 6.80. The van der Waals surface area contributed by atoms with Crippen LogP contribution in [-0.4, -0.2) is 65.5 Å². The Bertz CT molecular complexity index is 686. The van der Waals surface area contributed by atoms with Crippen molar-refractivity contribution in [1.29, 1.82) is 0 Å². The van der Waals surface area contributed by atoms with Gasteiger partial charge in [0, 0.05) is 31.6 Å². The Hall–Kier alpha value is -1.69. The summed E-state index contributed by atoms with van der Waals surface area (Å²) in [5.41, 5.74) is 0.419. The second-order valence-corrected chi connectivity index (χ2v) is 7.71. The van der Waals surface area contributed by atoms with Crippen LogP contribution in [-0.2, 0) is 0 Å². The maximum absolute atomic E-state index is 14.6. The Labute approximate surface area is 153 Å². The van der Waals surface area contributed by atoms with E-state index in [1.54, 1.807) is 12.1 Å². The fourth-order valence-corrected chi connectivity index (χ4v) is 5.40. The van der Waals surface area contributed by atoms with Crippen LogP contribution in [0.5, 0.6) is 0 Å². The van der Waals surface area contributed by atoms with Crippen LogP contribution in [0.3, 0.4) is 0 Å². The van der Waals surface area contributed by atoms with Crippen LogP contribution >= 0.6 is 0 Å². The first-order chi connectivity index (χ1) is 12.6. The molecule has 4 fully saturated rings. The van der Waals surface area contributed by atoms with E-state index in [4.69, 9.17) is 0 Å². The number of hydrogen-bond donors (Lipinski definition) is 0. The van der Waals surface area contributed by atoms with Crippen LogP contribution in [0.2, 0.25) is 0 Å². The summed E-state index contributed by atoms with van der Waals surface area (Å²) in [6, 6.07) is 4.68. The maximum Gasteiger partial charge on any atom is 0.320 e. The van der Waals surface area contributed by atoms with E-state index in [1.807, 2.05) is 23.6 Å². The van der Waals surface area contributed by atoms with Gasteiger partial charge in [0.1, 0.15) is 0 Å². The quantitative estimate of drug-likeness (QED) is 0.824. The third-order valence-corrected chi connectivity index (χ3v) is 6.65. The van der Waals surface area contributed by atoms with E-state index in [0.29, 0.717) is 31.1 Å². The third-order valence-electron chi connectivity index (χ3n) is 6.65. The van der Waals surface area contributed by atoms with E-state index in [-0.39, 0.29) is 24.0 Å². The Morgan fingerprint density at radius 2 is 1.85 bits per heavy atom. The SMILES string of the molecule is CCN(CC)C(=O)N1C[C@@H](c2cccc(F)c2F)[C@@H]2[C@H]1C1CCN2CC1. The topological polar surface area (TPSA) is 26.8 Å². The standard InChI is InChI=1S/C20H27F2N3O/c1-3-23(4-2)20(26)25-12-15(14-6-5-7-16(21)17(14)22)19-18(25)13-8-10-24(19)11-9-13/h5-7,13,15,18-19H,3-4,8-12H2,1-2H3/t15-,18+,19+/m0/s1. The van der Waals surface area contributed by atoms with Gasteiger partial charge >= 0.3 is 6.03 Å². The molecule has 4 saturated heterocycles. The molecule has 26 heavy (non-hydrogen) atoms. The van der Waals surface area contributed by atoms with Gasteiger partial charge in [-0.15, -0.1) is 0 Å². The summed E-state index contributed by atoms with van der Waals surface area (Å²) in [4.78, 5) is 19.3. The molecule has 0 unspecified atom stereocenters. The van der Waals surface area contributed by atoms with Crippen molar-refractivity contribution in [3.8, 4) is 0 Å². The van der Waals surface area contributed by atoms with Gasteiger partial charge in [-0.1, -0.05) is 12.1 Å². The monoisotopic (exact) mass is 363 g/mol. The average molecular weight is 363 g/mol. The van der Waals surface area contributed by atoms with E-state index in [1.165, 1.54) is 0 Å². The van der Waals surface area contributed by atoms with Crippen molar-refractivity contribution in [2.75, 3.05) is 32.7 Å². The number of carbonyl (C=O) groups is 1. The van der Waals surface area contributed by atoms with E-state index < -0.39 is 11.6 Å². The van der Waals surface area contributed by atoms with E-state index in [0.717, 1.165) is 32.0 Å². The number of amides is 2. The Morgan fingerprint density at radius 3 is 2.50 bits per heavy atom. The van der Waals surface area contributed by atoms with E-state index in [2.05, 4.69) is 4.90 Å². The summed E-state index contributed by atoms with van der Waals surface area (Å²) in [6.07, 6.45) is 2.17. The largest absolute Gasteiger partial charge is 0.325 e. The lowest BCUT2D eigenvalue weighted by Crippen LogP contribution is -2.61. The fraction of sp³-hybridized carbons (Fsp3) is 0.650. The molecule has 0 radical (unpaired) electrons. The number of urea groups is 1. The minimum atomic E-state index is -0.802. The highest BCUT2D eigenvalue weighted by Gasteiger charge is 2.55. The normalized spacial score (nSPS) is 32.6. The van der Waals surface area contributed by atoms with Gasteiger partial charge in [0.2, 0.25) is 0 Å². The molecule has 0 aliphatic carbocycles. The third kappa shape index (κ3) is 2.61. The van der Waals surface area contributed by atoms with Gasteiger partial charge in [0.25, 0.3) is 0 Å². The number of halogens is 2. The lowest BCUT2D eigenvalue weighted by atomic mass is 9.75. The summed E-state index contributed by atoms with van der Waals surface area (Å²) in [5, 5.41) is 0.